The third-order valence-corrected chi connectivity index (χ3v) is 3.28. The van der Waals surface area contributed by atoms with Gasteiger partial charge in [-0.2, -0.15) is 0 Å². The number of hydrogen-bond donors (Lipinski definition) is 1. The molecule has 5 heteroatoms. The summed E-state index contributed by atoms with van der Waals surface area (Å²) in [5, 5.41) is 9.16. The van der Waals surface area contributed by atoms with Crippen molar-refractivity contribution in [3.63, 3.8) is 0 Å². The molecule has 0 aromatic carbocycles. The van der Waals surface area contributed by atoms with Crippen LogP contribution >= 0.6 is 15.9 Å². The highest BCUT2D eigenvalue weighted by molar-refractivity contribution is 9.10. The topological polar surface area (TPSA) is 59.3 Å². The second kappa shape index (κ2) is 6.41. The molecule has 1 atom stereocenters. The molecule has 0 bridgehead atoms. The zero-order valence-electron chi connectivity index (χ0n) is 10.0. The van der Waals surface area contributed by atoms with E-state index in [1.807, 2.05) is 6.92 Å². The molecule has 1 N–H and O–H groups in total. The highest BCUT2D eigenvalue weighted by atomic mass is 79.9. The van der Waals surface area contributed by atoms with Crippen molar-refractivity contribution in [2.45, 2.75) is 32.2 Å². The molecule has 0 aliphatic rings. The number of aliphatic carboxylic acids is 1. The number of carboxylic acid groups (broad SMARTS) is 1. The van der Waals surface area contributed by atoms with Gasteiger partial charge < -0.3 is 5.11 Å². The fourth-order valence-corrected chi connectivity index (χ4v) is 2.31. The molecule has 0 spiro atoms. The van der Waals surface area contributed by atoms with E-state index >= 15 is 0 Å². The lowest BCUT2D eigenvalue weighted by atomic mass is 9.95. The highest BCUT2D eigenvalue weighted by Crippen LogP contribution is 2.23. The van der Waals surface area contributed by atoms with Gasteiger partial charge in [0.05, 0.1) is 17.1 Å². The first kappa shape index (κ1) is 14.5. The summed E-state index contributed by atoms with van der Waals surface area (Å²) >= 11 is 3.24. The van der Waals surface area contributed by atoms with E-state index in [0.717, 1.165) is 6.42 Å². The second-order valence-corrected chi connectivity index (χ2v) is 4.73. The Balaban J connectivity index is 3.24. The average Bonchev–Trinajstić information content (AvgIpc) is 2.30. The lowest BCUT2D eigenvalue weighted by Crippen LogP contribution is -2.22. The van der Waals surface area contributed by atoms with Crippen LogP contribution in [-0.4, -0.2) is 15.6 Å². The molecule has 1 aromatic heterocycles. The molecule has 1 aromatic rings. The maximum absolute atomic E-state index is 11.8. The molecule has 18 heavy (non-hydrogen) atoms. The minimum absolute atomic E-state index is 0.158. The number of nitrogens with zero attached hydrogens (tertiary/aromatic N) is 1. The van der Waals surface area contributed by atoms with Gasteiger partial charge in [0.15, 0.2) is 0 Å². The molecule has 0 aliphatic heterocycles. The summed E-state index contributed by atoms with van der Waals surface area (Å²) in [6.45, 7) is 2.07. The largest absolute Gasteiger partial charge is 0.481 e. The zero-order valence-corrected chi connectivity index (χ0v) is 11.6. The van der Waals surface area contributed by atoms with E-state index in [1.54, 1.807) is 6.07 Å². The summed E-state index contributed by atoms with van der Waals surface area (Å²) in [5.41, 5.74) is 0.217. The Hall–Kier alpha value is -1.54. The van der Waals surface area contributed by atoms with Crippen LogP contribution in [0.15, 0.2) is 21.5 Å². The van der Waals surface area contributed by atoms with Crippen LogP contribution in [-0.2, 0) is 11.3 Å². The predicted molar refractivity (Wildman–Crippen MR) is 72.5 cm³/mol. The highest BCUT2D eigenvalue weighted by Gasteiger charge is 2.20. The quantitative estimate of drug-likeness (QED) is 0.670. The van der Waals surface area contributed by atoms with Gasteiger partial charge in [0.25, 0.3) is 5.56 Å². The maximum Gasteiger partial charge on any atom is 0.310 e. The first-order chi connectivity index (χ1) is 8.51. The van der Waals surface area contributed by atoms with E-state index in [1.165, 1.54) is 10.6 Å². The van der Waals surface area contributed by atoms with E-state index in [9.17, 15) is 9.59 Å². The number of rotatable bonds is 5. The molecule has 0 amide bonds. The van der Waals surface area contributed by atoms with Crippen molar-refractivity contribution in [2.75, 3.05) is 0 Å². The number of halogens is 1. The predicted octanol–water partition coefficient (Wildman–Crippen LogP) is 2.21. The smallest absolute Gasteiger partial charge is 0.310 e. The van der Waals surface area contributed by atoms with Gasteiger partial charge in [0, 0.05) is 6.07 Å². The van der Waals surface area contributed by atoms with Gasteiger partial charge in [-0.05, 0) is 34.0 Å². The first-order valence-corrected chi connectivity index (χ1v) is 6.37. The number of carboxylic acids is 1. The number of hydrogen-bond acceptors (Lipinski definition) is 2. The molecule has 0 fully saturated rings. The van der Waals surface area contributed by atoms with Gasteiger partial charge in [0.1, 0.15) is 0 Å². The first-order valence-electron chi connectivity index (χ1n) is 5.57. The number of aromatic nitrogens is 1. The summed E-state index contributed by atoms with van der Waals surface area (Å²) in [6, 6.07) is 2.99. The maximum atomic E-state index is 11.8. The Kier molecular flexibility index (Phi) is 5.17. The van der Waals surface area contributed by atoms with Crippen LogP contribution in [0.4, 0.5) is 0 Å². The van der Waals surface area contributed by atoms with Crippen LogP contribution in [0.5, 0.6) is 0 Å². The van der Waals surface area contributed by atoms with Crippen molar-refractivity contribution in [1.29, 1.82) is 0 Å². The minimum Gasteiger partial charge on any atom is -0.481 e. The van der Waals surface area contributed by atoms with Gasteiger partial charge in [-0.1, -0.05) is 19.3 Å². The van der Waals surface area contributed by atoms with Gasteiger partial charge in [-0.3, -0.25) is 14.2 Å². The normalized spacial score (nSPS) is 11.8. The Labute approximate surface area is 114 Å². The zero-order chi connectivity index (χ0) is 13.7. The Morgan fingerprint density at radius 2 is 2.28 bits per heavy atom. The average molecular weight is 312 g/mol. The molecule has 1 rings (SSSR count). The van der Waals surface area contributed by atoms with Crippen LogP contribution in [0.1, 0.15) is 31.2 Å². The van der Waals surface area contributed by atoms with Crippen LogP contribution in [0.25, 0.3) is 0 Å². The number of pyridine rings is 1. The van der Waals surface area contributed by atoms with Gasteiger partial charge in [-0.25, -0.2) is 0 Å². The number of terminal acetylenes is 1. The van der Waals surface area contributed by atoms with Crippen molar-refractivity contribution >= 4 is 21.9 Å². The van der Waals surface area contributed by atoms with E-state index in [-0.39, 0.29) is 12.1 Å². The summed E-state index contributed by atoms with van der Waals surface area (Å²) in [5.74, 6) is 0.807. The van der Waals surface area contributed by atoms with E-state index in [2.05, 4.69) is 21.9 Å². The SMILES string of the molecule is C#CCn1c(Br)cc(C(CCC)C(=O)O)cc1=O. The second-order valence-electron chi connectivity index (χ2n) is 3.92. The van der Waals surface area contributed by atoms with Gasteiger partial charge in [-0.15, -0.1) is 6.42 Å². The summed E-state index contributed by atoms with van der Waals surface area (Å²) < 4.78 is 1.87. The molecule has 1 heterocycles. The molecular weight excluding hydrogens is 298 g/mol. The third kappa shape index (κ3) is 3.23. The molecule has 0 saturated carbocycles. The van der Waals surface area contributed by atoms with Crippen LogP contribution in [0.2, 0.25) is 0 Å². The van der Waals surface area contributed by atoms with E-state index in [0.29, 0.717) is 16.6 Å². The Bertz CT molecular complexity index is 542. The van der Waals surface area contributed by atoms with Crippen LogP contribution in [0.3, 0.4) is 0 Å². The summed E-state index contributed by atoms with van der Waals surface area (Å²) in [6.07, 6.45) is 6.41. The monoisotopic (exact) mass is 311 g/mol. The molecule has 1 unspecified atom stereocenters. The Morgan fingerprint density at radius 3 is 2.72 bits per heavy atom. The number of carbonyl (C=O) groups is 1. The van der Waals surface area contributed by atoms with Crippen LogP contribution < -0.4 is 5.56 Å². The Morgan fingerprint density at radius 1 is 1.61 bits per heavy atom. The molecule has 4 nitrogen and oxygen atoms in total. The van der Waals surface area contributed by atoms with Crippen LogP contribution in [0, 0.1) is 12.3 Å². The minimum atomic E-state index is -0.919. The van der Waals surface area contributed by atoms with Gasteiger partial charge in [0.2, 0.25) is 0 Å². The molecular formula is C13H14BrNO3. The lowest BCUT2D eigenvalue weighted by molar-refractivity contribution is -0.139. The standard InChI is InChI=1S/C13H14BrNO3/c1-3-5-10(13(17)18)9-7-11(14)15(6-4-2)12(16)8-9/h2,7-8,10H,3,5-6H2,1H3,(H,17,18). The van der Waals surface area contributed by atoms with Crippen molar-refractivity contribution in [3.05, 3.63) is 32.7 Å². The molecule has 0 aliphatic carbocycles. The summed E-state index contributed by atoms with van der Waals surface area (Å²) in [7, 11) is 0. The molecule has 96 valence electrons. The van der Waals surface area contributed by atoms with E-state index < -0.39 is 11.9 Å². The van der Waals surface area contributed by atoms with E-state index in [4.69, 9.17) is 11.5 Å². The lowest BCUT2D eigenvalue weighted by Gasteiger charge is -2.13. The van der Waals surface area contributed by atoms with Gasteiger partial charge >= 0.3 is 5.97 Å². The fraction of sp³-hybridized carbons (Fsp3) is 0.385. The fourth-order valence-electron chi connectivity index (χ4n) is 1.75. The third-order valence-electron chi connectivity index (χ3n) is 2.63. The molecule has 0 saturated heterocycles. The summed E-state index contributed by atoms with van der Waals surface area (Å²) in [4.78, 5) is 23.0. The van der Waals surface area contributed by atoms with Crippen molar-refractivity contribution in [1.82, 2.24) is 4.57 Å². The van der Waals surface area contributed by atoms with Crippen molar-refractivity contribution in [2.24, 2.45) is 0 Å². The van der Waals surface area contributed by atoms with Crippen molar-refractivity contribution < 1.29 is 9.90 Å². The van der Waals surface area contributed by atoms with Crippen molar-refractivity contribution in [3.8, 4) is 12.3 Å². The molecule has 0 radical (unpaired) electrons.